The van der Waals surface area contributed by atoms with Gasteiger partial charge in [-0.25, -0.2) is 4.79 Å². The third-order valence-electron chi connectivity index (χ3n) is 6.34. The van der Waals surface area contributed by atoms with Crippen LogP contribution in [0.5, 0.6) is 0 Å². The molecular formula is C26H37N9O8. The number of carbonyl (C=O) groups excluding carboxylic acids is 4. The van der Waals surface area contributed by atoms with Crippen LogP contribution in [0.3, 0.4) is 0 Å². The van der Waals surface area contributed by atoms with E-state index < -0.39 is 66.2 Å². The Hall–Kier alpha value is -5.19. The van der Waals surface area contributed by atoms with Crippen molar-refractivity contribution in [2.24, 2.45) is 27.9 Å². The fraction of sp³-hybridized carbons (Fsp3) is 0.423. The summed E-state index contributed by atoms with van der Waals surface area (Å²) < 4.78 is 0. The average molecular weight is 604 g/mol. The summed E-state index contributed by atoms with van der Waals surface area (Å²) in [5.41, 5.74) is 23.4. The average Bonchev–Trinajstić information content (AvgIpc) is 3.33. The van der Waals surface area contributed by atoms with Crippen LogP contribution in [0.4, 0.5) is 0 Å². The predicted octanol–water partition coefficient (Wildman–Crippen LogP) is -2.63. The number of para-hydroxylation sites is 1. The van der Waals surface area contributed by atoms with Crippen LogP contribution >= 0.6 is 0 Å². The van der Waals surface area contributed by atoms with Crippen LogP contribution in [-0.4, -0.2) is 87.4 Å². The molecule has 1 aromatic carbocycles. The number of carboxylic acids is 2. The van der Waals surface area contributed by atoms with E-state index in [1.807, 2.05) is 24.3 Å². The zero-order valence-corrected chi connectivity index (χ0v) is 23.2. The lowest BCUT2D eigenvalue weighted by atomic mass is 10.0. The first-order valence-electron chi connectivity index (χ1n) is 13.3. The van der Waals surface area contributed by atoms with Crippen molar-refractivity contribution in [3.8, 4) is 0 Å². The fourth-order valence-corrected chi connectivity index (χ4v) is 4.15. The molecule has 1 heterocycles. The number of nitrogens with zero attached hydrogens (tertiary/aromatic N) is 1. The van der Waals surface area contributed by atoms with E-state index >= 15 is 0 Å². The minimum atomic E-state index is -1.72. The monoisotopic (exact) mass is 603 g/mol. The molecule has 0 aliphatic rings. The molecule has 234 valence electrons. The summed E-state index contributed by atoms with van der Waals surface area (Å²) in [4.78, 5) is 80.3. The first-order valence-corrected chi connectivity index (χ1v) is 13.3. The van der Waals surface area contributed by atoms with Gasteiger partial charge in [-0.15, -0.1) is 0 Å². The molecule has 0 radical (unpaired) electrons. The Morgan fingerprint density at radius 1 is 0.860 bits per heavy atom. The van der Waals surface area contributed by atoms with Crippen LogP contribution in [-0.2, 0) is 35.2 Å². The number of aliphatic imine (C=N–C) groups is 1. The van der Waals surface area contributed by atoms with Gasteiger partial charge < -0.3 is 54.1 Å². The van der Waals surface area contributed by atoms with Crippen molar-refractivity contribution in [3.63, 3.8) is 0 Å². The van der Waals surface area contributed by atoms with Gasteiger partial charge in [0.15, 0.2) is 5.96 Å². The Morgan fingerprint density at radius 3 is 2.12 bits per heavy atom. The number of fused-ring (bicyclic) bond motifs is 1. The Labute approximate surface area is 245 Å². The van der Waals surface area contributed by atoms with Crippen molar-refractivity contribution in [2.75, 3.05) is 6.54 Å². The summed E-state index contributed by atoms with van der Waals surface area (Å²) >= 11 is 0. The van der Waals surface area contributed by atoms with Crippen LogP contribution in [0.25, 0.3) is 10.9 Å². The standard InChI is InChI=1S/C26H37N9O8/c27-15(10-13-12-32-16-5-2-1-4-14(13)16)22(39)33-17(7-8-20(28)36)23(40)35-19(11-21(37)38)24(41)34-18(25(42)43)6-3-9-31-26(29)30/h1-2,4-5,12,15,17-19,32H,3,6-11,27H2,(H2,28,36)(H,33,39)(H,34,41)(H,35,40)(H,37,38)(H,42,43)(H4,29,30,31). The number of nitrogens with one attached hydrogen (secondary N) is 4. The Bertz CT molecular complexity index is 1360. The summed E-state index contributed by atoms with van der Waals surface area (Å²) in [6.07, 6.45) is 0.357. The van der Waals surface area contributed by atoms with Gasteiger partial charge in [-0.3, -0.25) is 29.0 Å². The van der Waals surface area contributed by atoms with Crippen molar-refractivity contribution in [1.29, 1.82) is 0 Å². The molecule has 0 fully saturated rings. The predicted molar refractivity (Wildman–Crippen MR) is 154 cm³/mol. The van der Waals surface area contributed by atoms with Gasteiger partial charge in [0.1, 0.15) is 18.1 Å². The van der Waals surface area contributed by atoms with Gasteiger partial charge in [0.05, 0.1) is 12.5 Å². The van der Waals surface area contributed by atoms with Crippen molar-refractivity contribution in [2.45, 2.75) is 62.7 Å². The minimum Gasteiger partial charge on any atom is -0.481 e. The molecule has 4 amide bonds. The molecule has 17 heteroatoms. The maximum atomic E-state index is 13.1. The van der Waals surface area contributed by atoms with E-state index in [0.717, 1.165) is 16.5 Å². The molecule has 4 unspecified atom stereocenters. The Kier molecular flexibility index (Phi) is 12.9. The third kappa shape index (κ3) is 11.3. The van der Waals surface area contributed by atoms with Gasteiger partial charge in [0.25, 0.3) is 0 Å². The van der Waals surface area contributed by atoms with Gasteiger partial charge >= 0.3 is 11.9 Å². The highest BCUT2D eigenvalue weighted by Crippen LogP contribution is 2.19. The van der Waals surface area contributed by atoms with E-state index in [9.17, 15) is 39.0 Å². The lowest BCUT2D eigenvalue weighted by Gasteiger charge is -2.24. The molecule has 0 bridgehead atoms. The van der Waals surface area contributed by atoms with Gasteiger partial charge in [0.2, 0.25) is 23.6 Å². The molecule has 2 aromatic rings. The second kappa shape index (κ2) is 16.3. The molecule has 0 aliphatic carbocycles. The molecule has 0 saturated carbocycles. The number of guanidine groups is 1. The molecule has 43 heavy (non-hydrogen) atoms. The first kappa shape index (κ1) is 34.0. The second-order valence-electron chi connectivity index (χ2n) is 9.74. The largest absolute Gasteiger partial charge is 0.481 e. The van der Waals surface area contributed by atoms with Gasteiger partial charge in [-0.1, -0.05) is 18.2 Å². The van der Waals surface area contributed by atoms with Crippen LogP contribution in [0, 0.1) is 0 Å². The number of hydrogen-bond donors (Lipinski definition) is 10. The highest BCUT2D eigenvalue weighted by molar-refractivity contribution is 5.96. The van der Waals surface area contributed by atoms with Crippen molar-refractivity contribution in [3.05, 3.63) is 36.0 Å². The number of carboxylic acid groups (broad SMARTS) is 2. The highest BCUT2D eigenvalue weighted by atomic mass is 16.4. The molecule has 2 rings (SSSR count). The maximum Gasteiger partial charge on any atom is 0.326 e. The Morgan fingerprint density at radius 2 is 1.49 bits per heavy atom. The molecule has 14 N–H and O–H groups in total. The van der Waals surface area contributed by atoms with Crippen LogP contribution in [0.2, 0.25) is 0 Å². The van der Waals surface area contributed by atoms with Gasteiger partial charge in [-0.2, -0.15) is 0 Å². The lowest BCUT2D eigenvalue weighted by Crippen LogP contribution is -2.57. The molecule has 1 aromatic heterocycles. The fourth-order valence-electron chi connectivity index (χ4n) is 4.15. The topological polar surface area (TPSA) is 311 Å². The van der Waals surface area contributed by atoms with Crippen molar-refractivity contribution in [1.82, 2.24) is 20.9 Å². The highest BCUT2D eigenvalue weighted by Gasteiger charge is 2.32. The van der Waals surface area contributed by atoms with E-state index in [2.05, 4.69) is 25.9 Å². The number of nitrogens with two attached hydrogens (primary N) is 4. The number of aromatic amines is 1. The number of aromatic nitrogens is 1. The summed E-state index contributed by atoms with van der Waals surface area (Å²) in [6, 6.07) is 1.66. The summed E-state index contributed by atoms with van der Waals surface area (Å²) in [6.45, 7) is 0.0843. The van der Waals surface area contributed by atoms with E-state index in [-0.39, 0.29) is 44.6 Å². The Balaban J connectivity index is 2.13. The third-order valence-corrected chi connectivity index (χ3v) is 6.34. The number of carbonyl (C=O) groups is 6. The van der Waals surface area contributed by atoms with Crippen LogP contribution < -0.4 is 38.9 Å². The number of primary amides is 1. The maximum absolute atomic E-state index is 13.1. The minimum absolute atomic E-state index is 0.0843. The number of rotatable bonds is 18. The quantitative estimate of drug-likeness (QED) is 0.0477. The molecule has 4 atom stereocenters. The van der Waals surface area contributed by atoms with Crippen LogP contribution in [0.1, 0.15) is 37.7 Å². The molecule has 0 spiro atoms. The number of H-pyrrole nitrogens is 1. The zero-order valence-electron chi connectivity index (χ0n) is 23.2. The van der Waals surface area contributed by atoms with Crippen molar-refractivity contribution >= 4 is 52.4 Å². The molecule has 0 aliphatic heterocycles. The van der Waals surface area contributed by atoms with E-state index in [4.69, 9.17) is 22.9 Å². The number of amides is 4. The second-order valence-corrected chi connectivity index (χ2v) is 9.74. The molecule has 17 nitrogen and oxygen atoms in total. The van der Waals surface area contributed by atoms with E-state index in [1.54, 1.807) is 6.20 Å². The smallest absolute Gasteiger partial charge is 0.326 e. The normalized spacial score (nSPS) is 13.6. The molecular weight excluding hydrogens is 566 g/mol. The summed E-state index contributed by atoms with van der Waals surface area (Å²) in [5.74, 6) is -6.71. The number of hydrogen-bond acceptors (Lipinski definition) is 8. The summed E-state index contributed by atoms with van der Waals surface area (Å²) in [5, 5.41) is 26.5. The van der Waals surface area contributed by atoms with E-state index in [0.29, 0.717) is 0 Å². The van der Waals surface area contributed by atoms with Crippen LogP contribution in [0.15, 0.2) is 35.5 Å². The SMILES string of the molecule is NC(=O)CCC(NC(=O)C(N)Cc1c[nH]c2ccccc12)C(=O)NC(CC(=O)O)C(=O)NC(CCCN=C(N)N)C(=O)O. The number of aliphatic carboxylic acids is 2. The van der Waals surface area contributed by atoms with Gasteiger partial charge in [0, 0.05) is 30.1 Å². The summed E-state index contributed by atoms with van der Waals surface area (Å²) in [7, 11) is 0. The van der Waals surface area contributed by atoms with Crippen molar-refractivity contribution < 1.29 is 39.0 Å². The number of benzene rings is 1. The zero-order chi connectivity index (χ0) is 32.1. The first-order chi connectivity index (χ1) is 20.3. The molecule has 0 saturated heterocycles. The van der Waals surface area contributed by atoms with Gasteiger partial charge in [-0.05, 0) is 37.3 Å². The lowest BCUT2D eigenvalue weighted by molar-refractivity contribution is -0.143. The van der Waals surface area contributed by atoms with E-state index in [1.165, 1.54) is 0 Å².